The van der Waals surface area contributed by atoms with Crippen LogP contribution in [0.2, 0.25) is 0 Å². The van der Waals surface area contributed by atoms with E-state index in [-0.39, 0.29) is 11.9 Å². The molecule has 0 aliphatic rings. The van der Waals surface area contributed by atoms with E-state index in [2.05, 4.69) is 19.2 Å². The molecule has 3 heteroatoms. The molecule has 1 atom stereocenters. The molecule has 3 N–H and O–H groups in total. The second-order valence-corrected chi connectivity index (χ2v) is 4.83. The maximum atomic E-state index is 12.2. The van der Waals surface area contributed by atoms with Gasteiger partial charge in [0.25, 0.3) is 5.91 Å². The van der Waals surface area contributed by atoms with Gasteiger partial charge in [-0.1, -0.05) is 32.0 Å². The van der Waals surface area contributed by atoms with Gasteiger partial charge in [0.2, 0.25) is 0 Å². The molecule has 0 saturated carbocycles. The normalized spacial score (nSPS) is 12.6. The van der Waals surface area contributed by atoms with Gasteiger partial charge in [-0.25, -0.2) is 0 Å². The lowest BCUT2D eigenvalue weighted by Crippen LogP contribution is -2.44. The van der Waals surface area contributed by atoms with E-state index in [1.54, 1.807) is 0 Å². The van der Waals surface area contributed by atoms with Crippen LogP contribution < -0.4 is 11.1 Å². The highest BCUT2D eigenvalue weighted by molar-refractivity contribution is 5.97. The SMILES string of the molecule is Cc1cccc(C)c1C(=O)NC(CN)C(C)C. The second-order valence-electron chi connectivity index (χ2n) is 4.83. The number of hydrogen-bond donors (Lipinski definition) is 2. The third-order valence-corrected chi connectivity index (χ3v) is 3.08. The van der Waals surface area contributed by atoms with E-state index in [4.69, 9.17) is 5.73 Å². The zero-order chi connectivity index (χ0) is 13.0. The predicted molar refractivity (Wildman–Crippen MR) is 71.1 cm³/mol. The number of nitrogens with two attached hydrogens (primary N) is 1. The van der Waals surface area contributed by atoms with Crippen LogP contribution in [0.3, 0.4) is 0 Å². The Labute approximate surface area is 103 Å². The van der Waals surface area contributed by atoms with E-state index in [9.17, 15) is 4.79 Å². The molecule has 1 aromatic carbocycles. The van der Waals surface area contributed by atoms with Crippen molar-refractivity contribution in [3.05, 3.63) is 34.9 Å². The molecule has 1 unspecified atom stereocenters. The van der Waals surface area contributed by atoms with Crippen LogP contribution in [-0.2, 0) is 0 Å². The molecule has 0 radical (unpaired) electrons. The highest BCUT2D eigenvalue weighted by Gasteiger charge is 2.17. The molecule has 0 bridgehead atoms. The van der Waals surface area contributed by atoms with Crippen molar-refractivity contribution in [3.8, 4) is 0 Å². The summed E-state index contributed by atoms with van der Waals surface area (Å²) in [5.41, 5.74) is 8.44. The minimum absolute atomic E-state index is 0.0234. The van der Waals surface area contributed by atoms with Crippen LogP contribution in [0, 0.1) is 19.8 Å². The summed E-state index contributed by atoms with van der Waals surface area (Å²) in [6, 6.07) is 5.90. The fourth-order valence-corrected chi connectivity index (χ4v) is 1.91. The topological polar surface area (TPSA) is 55.1 Å². The smallest absolute Gasteiger partial charge is 0.252 e. The molecule has 3 nitrogen and oxygen atoms in total. The average molecular weight is 234 g/mol. The summed E-state index contributed by atoms with van der Waals surface area (Å²) < 4.78 is 0. The quantitative estimate of drug-likeness (QED) is 0.837. The van der Waals surface area contributed by atoms with Crippen molar-refractivity contribution < 1.29 is 4.79 Å². The standard InChI is InChI=1S/C14H22N2O/c1-9(2)12(8-15)16-14(17)13-10(3)6-5-7-11(13)4/h5-7,9,12H,8,15H2,1-4H3,(H,16,17). The Morgan fingerprint density at radius 3 is 2.24 bits per heavy atom. The van der Waals surface area contributed by atoms with Gasteiger partial charge in [0.15, 0.2) is 0 Å². The third kappa shape index (κ3) is 3.30. The summed E-state index contributed by atoms with van der Waals surface area (Å²) in [4.78, 5) is 12.2. The van der Waals surface area contributed by atoms with Crippen molar-refractivity contribution in [2.75, 3.05) is 6.54 Å². The van der Waals surface area contributed by atoms with Crippen molar-refractivity contribution in [1.29, 1.82) is 0 Å². The van der Waals surface area contributed by atoms with E-state index >= 15 is 0 Å². The zero-order valence-electron chi connectivity index (χ0n) is 11.1. The highest BCUT2D eigenvalue weighted by atomic mass is 16.1. The molecule has 0 aliphatic heterocycles. The first-order chi connectivity index (χ1) is 7.97. The van der Waals surface area contributed by atoms with E-state index in [1.165, 1.54) is 0 Å². The number of amides is 1. The molecule has 17 heavy (non-hydrogen) atoms. The summed E-state index contributed by atoms with van der Waals surface area (Å²) in [6.07, 6.45) is 0. The van der Waals surface area contributed by atoms with Crippen LogP contribution >= 0.6 is 0 Å². The van der Waals surface area contributed by atoms with Gasteiger partial charge in [-0.3, -0.25) is 4.79 Å². The van der Waals surface area contributed by atoms with Crippen LogP contribution in [-0.4, -0.2) is 18.5 Å². The van der Waals surface area contributed by atoms with Crippen molar-refractivity contribution in [3.63, 3.8) is 0 Å². The average Bonchev–Trinajstić information content (AvgIpc) is 2.25. The first-order valence-electron chi connectivity index (χ1n) is 6.04. The number of nitrogens with one attached hydrogen (secondary N) is 1. The summed E-state index contributed by atoms with van der Waals surface area (Å²) >= 11 is 0. The minimum Gasteiger partial charge on any atom is -0.348 e. The van der Waals surface area contributed by atoms with Crippen LogP contribution in [0.25, 0.3) is 0 Å². The molecule has 0 fully saturated rings. The molecular weight excluding hydrogens is 212 g/mol. The Hall–Kier alpha value is -1.35. The van der Waals surface area contributed by atoms with Gasteiger partial charge in [0.1, 0.15) is 0 Å². The maximum absolute atomic E-state index is 12.2. The fourth-order valence-electron chi connectivity index (χ4n) is 1.91. The molecule has 0 spiro atoms. The van der Waals surface area contributed by atoms with E-state index in [0.717, 1.165) is 16.7 Å². The first kappa shape index (κ1) is 13.7. The van der Waals surface area contributed by atoms with Gasteiger partial charge in [-0.05, 0) is 30.9 Å². The number of aryl methyl sites for hydroxylation is 2. The Kier molecular flexibility index (Phi) is 4.70. The van der Waals surface area contributed by atoms with Crippen molar-refractivity contribution in [2.24, 2.45) is 11.7 Å². The Bertz CT molecular complexity index is 379. The number of benzene rings is 1. The Morgan fingerprint density at radius 1 is 1.29 bits per heavy atom. The Morgan fingerprint density at radius 2 is 1.82 bits per heavy atom. The summed E-state index contributed by atoms with van der Waals surface area (Å²) in [5, 5.41) is 3.00. The van der Waals surface area contributed by atoms with Gasteiger partial charge in [-0.2, -0.15) is 0 Å². The molecule has 0 aromatic heterocycles. The molecule has 0 saturated heterocycles. The molecule has 94 valence electrons. The first-order valence-corrected chi connectivity index (χ1v) is 6.04. The van der Waals surface area contributed by atoms with Gasteiger partial charge in [0.05, 0.1) is 0 Å². The van der Waals surface area contributed by atoms with Gasteiger partial charge >= 0.3 is 0 Å². The minimum atomic E-state index is -0.0234. The lowest BCUT2D eigenvalue weighted by Gasteiger charge is -2.21. The molecular formula is C14H22N2O. The van der Waals surface area contributed by atoms with Crippen LogP contribution in [0.4, 0.5) is 0 Å². The largest absolute Gasteiger partial charge is 0.348 e. The van der Waals surface area contributed by atoms with Gasteiger partial charge < -0.3 is 11.1 Å². The summed E-state index contributed by atoms with van der Waals surface area (Å²) in [6.45, 7) is 8.49. The lowest BCUT2D eigenvalue weighted by molar-refractivity contribution is 0.0926. The molecule has 0 heterocycles. The number of rotatable bonds is 4. The fraction of sp³-hybridized carbons (Fsp3) is 0.500. The monoisotopic (exact) mass is 234 g/mol. The van der Waals surface area contributed by atoms with Crippen LogP contribution in [0.15, 0.2) is 18.2 Å². The van der Waals surface area contributed by atoms with Crippen LogP contribution in [0.5, 0.6) is 0 Å². The number of carbonyl (C=O) groups is 1. The van der Waals surface area contributed by atoms with Gasteiger partial charge in [0, 0.05) is 18.2 Å². The van der Waals surface area contributed by atoms with E-state index in [0.29, 0.717) is 12.5 Å². The van der Waals surface area contributed by atoms with E-state index in [1.807, 2.05) is 32.0 Å². The highest BCUT2D eigenvalue weighted by Crippen LogP contribution is 2.13. The molecule has 1 amide bonds. The predicted octanol–water partition coefficient (Wildman–Crippen LogP) is 2.02. The number of hydrogen-bond acceptors (Lipinski definition) is 2. The summed E-state index contributed by atoms with van der Waals surface area (Å²) in [7, 11) is 0. The molecule has 1 aromatic rings. The zero-order valence-corrected chi connectivity index (χ0v) is 11.1. The molecule has 1 rings (SSSR count). The maximum Gasteiger partial charge on any atom is 0.252 e. The third-order valence-electron chi connectivity index (χ3n) is 3.08. The second kappa shape index (κ2) is 5.82. The number of carbonyl (C=O) groups excluding carboxylic acids is 1. The summed E-state index contributed by atoms with van der Waals surface area (Å²) in [5.74, 6) is 0.318. The molecule has 0 aliphatic carbocycles. The lowest BCUT2D eigenvalue weighted by atomic mass is 10.00. The van der Waals surface area contributed by atoms with Gasteiger partial charge in [-0.15, -0.1) is 0 Å². The Balaban J connectivity index is 2.90. The van der Waals surface area contributed by atoms with Crippen molar-refractivity contribution >= 4 is 5.91 Å². The van der Waals surface area contributed by atoms with Crippen molar-refractivity contribution in [1.82, 2.24) is 5.32 Å². The van der Waals surface area contributed by atoms with E-state index < -0.39 is 0 Å². The van der Waals surface area contributed by atoms with Crippen LogP contribution in [0.1, 0.15) is 35.3 Å². The van der Waals surface area contributed by atoms with Crippen molar-refractivity contribution in [2.45, 2.75) is 33.7 Å².